The summed E-state index contributed by atoms with van der Waals surface area (Å²) >= 11 is 0. The van der Waals surface area contributed by atoms with Crippen LogP contribution in [0.1, 0.15) is 74.1 Å². The third-order valence-corrected chi connectivity index (χ3v) is 7.83. The third kappa shape index (κ3) is 6.77. The molecular weight excluding hydrogens is 379 g/mol. The molecule has 0 saturated heterocycles. The molecule has 3 saturated carbocycles. The van der Waals surface area contributed by atoms with E-state index in [1.165, 1.54) is 25.7 Å². The van der Waals surface area contributed by atoms with E-state index in [4.69, 9.17) is 0 Å². The molecule has 3 aliphatic carbocycles. The third-order valence-electron chi connectivity index (χ3n) is 7.83. The van der Waals surface area contributed by atoms with Gasteiger partial charge in [0.25, 0.3) is 0 Å². The average molecular weight is 430 g/mol. The van der Waals surface area contributed by atoms with Crippen molar-refractivity contribution in [2.24, 2.45) is 53.3 Å². The van der Waals surface area contributed by atoms with E-state index in [1.807, 2.05) is 0 Å². The summed E-state index contributed by atoms with van der Waals surface area (Å²) in [5, 5.41) is 0. The molecule has 0 aliphatic heterocycles. The predicted octanol–water partition coefficient (Wildman–Crippen LogP) is 8.06. The van der Waals surface area contributed by atoms with Crippen molar-refractivity contribution >= 4 is 0 Å². The van der Waals surface area contributed by atoms with Crippen LogP contribution in [0.15, 0.2) is 0 Å². The summed E-state index contributed by atoms with van der Waals surface area (Å²) in [5.41, 5.74) is 0. The monoisotopic (exact) mass is 428 g/mol. The van der Waals surface area contributed by atoms with Crippen LogP contribution >= 0.6 is 0 Å². The minimum absolute atomic E-state index is 0. The fourth-order valence-corrected chi connectivity index (χ4v) is 5.85. The van der Waals surface area contributed by atoms with E-state index in [-0.39, 0.29) is 55.9 Å². The van der Waals surface area contributed by atoms with Gasteiger partial charge in [-0.3, -0.25) is 0 Å². The second-order valence-corrected chi connectivity index (χ2v) is 8.70. The molecule has 4 unspecified atom stereocenters. The maximum atomic E-state index is 2.49. The van der Waals surface area contributed by atoms with Crippen LogP contribution in [0, 0.1) is 83.0 Å². The Labute approximate surface area is 182 Å². The first-order valence-corrected chi connectivity index (χ1v) is 9.36. The molecule has 4 atom stereocenters. The zero-order valence-electron chi connectivity index (χ0n) is 19.5. The van der Waals surface area contributed by atoms with E-state index in [0.717, 1.165) is 53.3 Å². The summed E-state index contributed by atoms with van der Waals surface area (Å²) in [6, 6.07) is 0. The van der Waals surface area contributed by atoms with Crippen molar-refractivity contribution in [3.05, 3.63) is 29.7 Å². The van der Waals surface area contributed by atoms with Crippen LogP contribution in [0.25, 0.3) is 0 Å². The van der Waals surface area contributed by atoms with Gasteiger partial charge < -0.3 is 29.7 Å². The molecule has 0 aromatic carbocycles. The van der Waals surface area contributed by atoms with Crippen LogP contribution < -0.4 is 0 Å². The Bertz CT molecular complexity index is 263. The summed E-state index contributed by atoms with van der Waals surface area (Å²) in [5.74, 6) is 8.80. The molecular formula is C24H50Zr. The van der Waals surface area contributed by atoms with Crippen LogP contribution in [0.2, 0.25) is 0 Å². The van der Waals surface area contributed by atoms with Gasteiger partial charge in [-0.25, -0.2) is 0 Å². The maximum Gasteiger partial charge on any atom is 4.00 e. The van der Waals surface area contributed by atoms with Crippen LogP contribution in [-0.2, 0) is 26.2 Å². The number of hydrogen-bond donors (Lipinski definition) is 0. The Morgan fingerprint density at radius 1 is 0.440 bits per heavy atom. The van der Waals surface area contributed by atoms with Gasteiger partial charge >= 0.3 is 26.2 Å². The first-order valence-electron chi connectivity index (χ1n) is 9.36. The molecule has 3 aliphatic rings. The molecule has 0 radical (unpaired) electrons. The Morgan fingerprint density at radius 2 is 0.680 bits per heavy atom. The standard InChI is InChI=1S/C14H26.C6H12.4CH3.Zr/c1-7-9(3)13-11(5)8(2)12(6)14(13)10(7)4;1-6-4-2-3-5-6;;;;;/h7-14H,1-6H3;6H,2-5H2,1H3;4*1H3;/q;;4*-1;+4. The fourth-order valence-electron chi connectivity index (χ4n) is 5.85. The van der Waals surface area contributed by atoms with Crippen molar-refractivity contribution in [2.45, 2.75) is 74.1 Å². The van der Waals surface area contributed by atoms with Gasteiger partial charge in [0.1, 0.15) is 0 Å². The Kier molecular flexibility index (Phi) is 18.7. The quantitative estimate of drug-likeness (QED) is 0.341. The SMILES string of the molecule is CC1C(C)C2C(C)C(C)C(C)C2C1C.CC1CCCC1.[CH3-].[CH3-].[CH3-].[CH3-].[Zr+4]. The summed E-state index contributed by atoms with van der Waals surface area (Å²) in [6.07, 6.45) is 5.95. The van der Waals surface area contributed by atoms with Gasteiger partial charge in [0.05, 0.1) is 0 Å². The van der Waals surface area contributed by atoms with Crippen LogP contribution in [-0.4, -0.2) is 0 Å². The maximum absolute atomic E-state index is 2.49. The second-order valence-electron chi connectivity index (χ2n) is 8.70. The Balaban J connectivity index is -0.000000176. The molecule has 0 bridgehead atoms. The summed E-state index contributed by atoms with van der Waals surface area (Å²) in [6.45, 7) is 17.3. The van der Waals surface area contributed by atoms with E-state index in [0.29, 0.717) is 0 Å². The molecule has 150 valence electrons. The molecule has 0 N–H and O–H groups in total. The molecule has 0 nitrogen and oxygen atoms in total. The molecule has 0 amide bonds. The van der Waals surface area contributed by atoms with Crippen LogP contribution in [0.5, 0.6) is 0 Å². The van der Waals surface area contributed by atoms with Gasteiger partial charge in [0, 0.05) is 0 Å². The predicted molar refractivity (Wildman–Crippen MR) is 115 cm³/mol. The summed E-state index contributed by atoms with van der Waals surface area (Å²) < 4.78 is 0. The molecule has 0 spiro atoms. The normalized spacial score (nSPS) is 41.4. The smallest absolute Gasteiger partial charge is 0.358 e. The van der Waals surface area contributed by atoms with E-state index < -0.39 is 0 Å². The van der Waals surface area contributed by atoms with Crippen molar-refractivity contribution in [1.82, 2.24) is 0 Å². The van der Waals surface area contributed by atoms with Crippen LogP contribution in [0.3, 0.4) is 0 Å². The number of fused-ring (bicyclic) bond motifs is 1. The Hall–Kier alpha value is 0.883. The molecule has 25 heavy (non-hydrogen) atoms. The van der Waals surface area contributed by atoms with Gasteiger partial charge in [0.2, 0.25) is 0 Å². The van der Waals surface area contributed by atoms with Crippen LogP contribution in [0.4, 0.5) is 0 Å². The first-order chi connectivity index (χ1) is 9.36. The summed E-state index contributed by atoms with van der Waals surface area (Å²) in [4.78, 5) is 0. The number of hydrogen-bond acceptors (Lipinski definition) is 0. The minimum Gasteiger partial charge on any atom is -0.358 e. The topological polar surface area (TPSA) is 0 Å². The molecule has 1 heteroatoms. The largest absolute Gasteiger partial charge is 4.00 e. The van der Waals surface area contributed by atoms with Crippen molar-refractivity contribution in [3.63, 3.8) is 0 Å². The summed E-state index contributed by atoms with van der Waals surface area (Å²) in [7, 11) is 0. The van der Waals surface area contributed by atoms with Gasteiger partial charge in [-0.15, -0.1) is 0 Å². The number of rotatable bonds is 0. The van der Waals surface area contributed by atoms with Crippen molar-refractivity contribution in [3.8, 4) is 0 Å². The fraction of sp³-hybridized carbons (Fsp3) is 0.833. The zero-order valence-corrected chi connectivity index (χ0v) is 22.0. The van der Waals surface area contributed by atoms with E-state index in [1.54, 1.807) is 0 Å². The zero-order chi connectivity index (χ0) is 15.0. The van der Waals surface area contributed by atoms with Crippen molar-refractivity contribution in [2.75, 3.05) is 0 Å². The van der Waals surface area contributed by atoms with Gasteiger partial charge in [-0.2, -0.15) is 0 Å². The van der Waals surface area contributed by atoms with E-state index >= 15 is 0 Å². The Morgan fingerprint density at radius 3 is 0.840 bits per heavy atom. The van der Waals surface area contributed by atoms with Gasteiger partial charge in [0.15, 0.2) is 0 Å². The molecule has 3 fully saturated rings. The van der Waals surface area contributed by atoms with E-state index in [9.17, 15) is 0 Å². The van der Waals surface area contributed by atoms with E-state index in [2.05, 4.69) is 48.5 Å². The van der Waals surface area contributed by atoms with Gasteiger partial charge in [-0.05, 0) is 53.3 Å². The van der Waals surface area contributed by atoms with Crippen molar-refractivity contribution in [1.29, 1.82) is 0 Å². The second kappa shape index (κ2) is 14.0. The molecule has 3 rings (SSSR count). The molecule has 0 heterocycles. The molecule has 0 aromatic rings. The first kappa shape index (κ1) is 33.5. The van der Waals surface area contributed by atoms with Crippen molar-refractivity contribution < 1.29 is 26.2 Å². The average Bonchev–Trinajstić information content (AvgIpc) is 3.04. The van der Waals surface area contributed by atoms with Gasteiger partial charge in [-0.1, -0.05) is 74.1 Å². The minimum atomic E-state index is 0. The molecule has 0 aromatic heterocycles.